The van der Waals surface area contributed by atoms with Crippen LogP contribution >= 0.6 is 11.6 Å². The summed E-state index contributed by atoms with van der Waals surface area (Å²) in [6.07, 6.45) is 5.02. The van der Waals surface area contributed by atoms with E-state index in [2.05, 4.69) is 29.8 Å². The summed E-state index contributed by atoms with van der Waals surface area (Å²) in [6, 6.07) is 21.5. The summed E-state index contributed by atoms with van der Waals surface area (Å²) in [6.45, 7) is 4.48. The lowest BCUT2D eigenvalue weighted by atomic mass is 9.92. The molecule has 0 spiro atoms. The molecule has 2 aromatic carbocycles. The molecule has 4 rings (SSSR count). The lowest BCUT2D eigenvalue weighted by Gasteiger charge is -2.38. The van der Waals surface area contributed by atoms with Gasteiger partial charge in [-0.05, 0) is 61.9 Å². The summed E-state index contributed by atoms with van der Waals surface area (Å²) in [5, 5.41) is 0.682. The van der Waals surface area contributed by atoms with Gasteiger partial charge in [0.15, 0.2) is 0 Å². The fourth-order valence-corrected chi connectivity index (χ4v) is 5.11. The number of likely N-dealkylation sites (tertiary alicyclic amines) is 1. The van der Waals surface area contributed by atoms with Crippen molar-refractivity contribution in [3.8, 4) is 0 Å². The lowest BCUT2D eigenvalue weighted by Crippen LogP contribution is -2.39. The van der Waals surface area contributed by atoms with Crippen molar-refractivity contribution in [2.45, 2.75) is 57.2 Å². The van der Waals surface area contributed by atoms with Gasteiger partial charge in [0.05, 0.1) is 6.04 Å². The molecule has 0 aliphatic carbocycles. The van der Waals surface area contributed by atoms with Gasteiger partial charge >= 0.3 is 0 Å². The summed E-state index contributed by atoms with van der Waals surface area (Å²) in [5.74, 6) is 0.148. The SMILES string of the molecule is CC(CC1CCC(C)N1C(c1ccccc1F)c1ccccc1Cl)c1ccccn1. The van der Waals surface area contributed by atoms with Gasteiger partial charge < -0.3 is 0 Å². The fourth-order valence-electron chi connectivity index (χ4n) is 4.88. The summed E-state index contributed by atoms with van der Waals surface area (Å²) in [7, 11) is 0. The highest BCUT2D eigenvalue weighted by atomic mass is 35.5. The largest absolute Gasteiger partial charge is 0.286 e. The van der Waals surface area contributed by atoms with Gasteiger partial charge in [-0.1, -0.05) is 61.0 Å². The number of rotatable bonds is 6. The molecule has 0 saturated carbocycles. The summed E-state index contributed by atoms with van der Waals surface area (Å²) in [4.78, 5) is 7.04. The molecule has 0 amide bonds. The van der Waals surface area contributed by atoms with Gasteiger partial charge in [0, 0.05) is 34.6 Å². The van der Waals surface area contributed by atoms with E-state index in [0.29, 0.717) is 28.6 Å². The van der Waals surface area contributed by atoms with Gasteiger partial charge in [0.2, 0.25) is 0 Å². The second-order valence-electron chi connectivity index (χ2n) is 8.36. The maximum Gasteiger partial charge on any atom is 0.128 e. The number of hydrogen-bond donors (Lipinski definition) is 0. The molecule has 156 valence electrons. The Bertz CT molecular complexity index is 932. The van der Waals surface area contributed by atoms with Gasteiger partial charge in [-0.2, -0.15) is 0 Å². The van der Waals surface area contributed by atoms with Crippen molar-refractivity contribution >= 4 is 11.6 Å². The van der Waals surface area contributed by atoms with Crippen molar-refractivity contribution in [2.75, 3.05) is 0 Å². The molecule has 4 heteroatoms. The Kier molecular flexibility index (Phi) is 6.50. The Morgan fingerprint density at radius 2 is 1.70 bits per heavy atom. The first-order valence-corrected chi connectivity index (χ1v) is 11.1. The van der Waals surface area contributed by atoms with E-state index in [1.807, 2.05) is 54.7 Å². The zero-order valence-electron chi connectivity index (χ0n) is 17.5. The van der Waals surface area contributed by atoms with Crippen molar-refractivity contribution in [3.63, 3.8) is 0 Å². The van der Waals surface area contributed by atoms with Crippen molar-refractivity contribution in [1.29, 1.82) is 0 Å². The molecule has 1 aliphatic rings. The van der Waals surface area contributed by atoms with Crippen LogP contribution in [0.15, 0.2) is 72.9 Å². The van der Waals surface area contributed by atoms with Crippen molar-refractivity contribution in [3.05, 3.63) is 101 Å². The average molecular weight is 423 g/mol. The van der Waals surface area contributed by atoms with E-state index >= 15 is 4.39 Å². The highest BCUT2D eigenvalue weighted by Gasteiger charge is 2.39. The van der Waals surface area contributed by atoms with Crippen LogP contribution in [0, 0.1) is 5.82 Å². The Labute approximate surface area is 183 Å². The van der Waals surface area contributed by atoms with E-state index in [1.54, 1.807) is 12.1 Å². The van der Waals surface area contributed by atoms with Gasteiger partial charge in [-0.3, -0.25) is 9.88 Å². The van der Waals surface area contributed by atoms with E-state index in [9.17, 15) is 0 Å². The normalized spacial score (nSPS) is 21.5. The highest BCUT2D eigenvalue weighted by Crippen LogP contribution is 2.43. The first-order chi connectivity index (χ1) is 14.6. The number of hydrogen-bond acceptors (Lipinski definition) is 2. The van der Waals surface area contributed by atoms with Crippen LogP contribution in [0.3, 0.4) is 0 Å². The molecule has 1 saturated heterocycles. The van der Waals surface area contributed by atoms with E-state index in [4.69, 9.17) is 11.6 Å². The van der Waals surface area contributed by atoms with Crippen molar-refractivity contribution in [2.24, 2.45) is 0 Å². The number of nitrogens with zero attached hydrogens (tertiary/aromatic N) is 2. The Morgan fingerprint density at radius 1 is 1.00 bits per heavy atom. The maximum absolute atomic E-state index is 15.0. The van der Waals surface area contributed by atoms with Crippen LogP contribution in [-0.2, 0) is 0 Å². The molecule has 4 atom stereocenters. The van der Waals surface area contributed by atoms with E-state index < -0.39 is 0 Å². The van der Waals surface area contributed by atoms with E-state index in [0.717, 1.165) is 30.5 Å². The third kappa shape index (κ3) is 4.28. The van der Waals surface area contributed by atoms with Crippen LogP contribution < -0.4 is 0 Å². The first kappa shape index (κ1) is 21.0. The molecule has 2 nitrogen and oxygen atoms in total. The van der Waals surface area contributed by atoms with Crippen molar-refractivity contribution in [1.82, 2.24) is 9.88 Å². The van der Waals surface area contributed by atoms with Crippen LogP contribution in [-0.4, -0.2) is 22.0 Å². The standard InChI is InChI=1S/C26H28ClFN2/c1-18(25-13-7-8-16-29-25)17-20-15-14-19(2)30(20)26(21-9-3-5-11-23(21)27)22-10-4-6-12-24(22)28/h3-13,16,18-20,26H,14-15,17H2,1-2H3. The van der Waals surface area contributed by atoms with Crippen LogP contribution in [0.2, 0.25) is 5.02 Å². The van der Waals surface area contributed by atoms with Gasteiger partial charge in [0.25, 0.3) is 0 Å². The van der Waals surface area contributed by atoms with Crippen LogP contribution in [0.5, 0.6) is 0 Å². The second kappa shape index (κ2) is 9.28. The molecule has 0 radical (unpaired) electrons. The molecule has 0 bridgehead atoms. The molecule has 30 heavy (non-hydrogen) atoms. The van der Waals surface area contributed by atoms with Crippen LogP contribution in [0.1, 0.15) is 61.9 Å². The molecule has 4 unspecified atom stereocenters. The molecule has 1 aromatic heterocycles. The smallest absolute Gasteiger partial charge is 0.128 e. The minimum atomic E-state index is -0.210. The summed E-state index contributed by atoms with van der Waals surface area (Å²) >= 11 is 6.64. The number of halogens is 2. The molecule has 3 aromatic rings. The Morgan fingerprint density at radius 3 is 2.40 bits per heavy atom. The fraction of sp³-hybridized carbons (Fsp3) is 0.346. The number of benzene rings is 2. The molecule has 2 heterocycles. The molecule has 1 aliphatic heterocycles. The van der Waals surface area contributed by atoms with E-state index in [-0.39, 0.29) is 11.9 Å². The minimum absolute atomic E-state index is 0.182. The van der Waals surface area contributed by atoms with Crippen LogP contribution in [0.25, 0.3) is 0 Å². The zero-order chi connectivity index (χ0) is 21.1. The molecule has 1 fully saturated rings. The van der Waals surface area contributed by atoms with Gasteiger partial charge in [0.1, 0.15) is 5.82 Å². The summed E-state index contributed by atoms with van der Waals surface area (Å²) < 4.78 is 15.0. The van der Waals surface area contributed by atoms with Crippen LogP contribution in [0.4, 0.5) is 4.39 Å². The molecular weight excluding hydrogens is 395 g/mol. The maximum atomic E-state index is 15.0. The average Bonchev–Trinajstić information content (AvgIpc) is 3.11. The lowest BCUT2D eigenvalue weighted by molar-refractivity contribution is 0.145. The minimum Gasteiger partial charge on any atom is -0.286 e. The second-order valence-corrected chi connectivity index (χ2v) is 8.77. The topological polar surface area (TPSA) is 16.1 Å². The first-order valence-electron chi connectivity index (χ1n) is 10.7. The highest BCUT2D eigenvalue weighted by molar-refractivity contribution is 6.31. The Balaban J connectivity index is 1.73. The zero-order valence-corrected chi connectivity index (χ0v) is 18.3. The molecule has 0 N–H and O–H groups in total. The van der Waals surface area contributed by atoms with E-state index in [1.165, 1.54) is 0 Å². The third-order valence-electron chi connectivity index (χ3n) is 6.36. The Hall–Kier alpha value is -2.23. The third-order valence-corrected chi connectivity index (χ3v) is 6.71. The summed E-state index contributed by atoms with van der Waals surface area (Å²) in [5.41, 5.74) is 2.76. The quantitative estimate of drug-likeness (QED) is 0.424. The monoisotopic (exact) mass is 422 g/mol. The predicted octanol–water partition coefficient (Wildman–Crippen LogP) is 7.01. The number of pyridine rings is 1. The predicted molar refractivity (Wildman–Crippen MR) is 121 cm³/mol. The van der Waals surface area contributed by atoms with Crippen molar-refractivity contribution < 1.29 is 4.39 Å². The van der Waals surface area contributed by atoms with Gasteiger partial charge in [-0.15, -0.1) is 0 Å². The number of aromatic nitrogens is 1. The molecular formula is C26H28ClFN2. The van der Waals surface area contributed by atoms with Gasteiger partial charge in [-0.25, -0.2) is 4.39 Å².